The second kappa shape index (κ2) is 9.72. The number of hydrogen-bond donors (Lipinski definition) is 1. The molecule has 2 heterocycles. The van der Waals surface area contributed by atoms with Crippen LogP contribution < -0.4 is 10.2 Å². The lowest BCUT2D eigenvalue weighted by Gasteiger charge is -2.35. The summed E-state index contributed by atoms with van der Waals surface area (Å²) >= 11 is 0. The van der Waals surface area contributed by atoms with Gasteiger partial charge in [-0.1, -0.05) is 37.3 Å². The number of anilines is 2. The Kier molecular flexibility index (Phi) is 6.33. The first kappa shape index (κ1) is 22.8. The van der Waals surface area contributed by atoms with E-state index in [0.717, 1.165) is 44.0 Å². The molecule has 3 aromatic carbocycles. The summed E-state index contributed by atoms with van der Waals surface area (Å²) in [4.78, 5) is 44.6. The van der Waals surface area contributed by atoms with Gasteiger partial charge in [0.15, 0.2) is 0 Å². The van der Waals surface area contributed by atoms with Gasteiger partial charge in [0, 0.05) is 43.1 Å². The van der Waals surface area contributed by atoms with Gasteiger partial charge in [0.25, 0.3) is 17.7 Å². The van der Waals surface area contributed by atoms with E-state index >= 15 is 0 Å². The van der Waals surface area contributed by atoms with E-state index in [2.05, 4.69) is 22.0 Å². The maximum atomic E-state index is 12.9. The highest BCUT2D eigenvalue weighted by molar-refractivity contribution is 6.22. The van der Waals surface area contributed by atoms with Crippen LogP contribution in [0.15, 0.2) is 72.8 Å². The molecule has 0 atom stereocenters. The summed E-state index contributed by atoms with van der Waals surface area (Å²) in [5.74, 6) is -1.04. The lowest BCUT2D eigenvalue weighted by atomic mass is 10.1. The molecule has 7 heteroatoms. The largest absolute Gasteiger partial charge is 0.369 e. The fraction of sp³-hybridized carbons (Fsp3) is 0.250. The van der Waals surface area contributed by atoms with Crippen LogP contribution in [-0.2, 0) is 6.54 Å². The van der Waals surface area contributed by atoms with Crippen LogP contribution >= 0.6 is 0 Å². The van der Waals surface area contributed by atoms with Gasteiger partial charge >= 0.3 is 0 Å². The number of likely N-dealkylation sites (N-methyl/N-ethyl adjacent to an activating group) is 1. The maximum Gasteiger partial charge on any atom is 0.261 e. The Labute approximate surface area is 204 Å². The zero-order valence-corrected chi connectivity index (χ0v) is 19.7. The SMILES string of the molecule is CCN1CCN(c2ccc(NC(=O)c3ccc4c(c3)C(=O)N(Cc3ccccc3)C4=O)cc2)CC1. The minimum atomic E-state index is -0.379. The molecule has 35 heavy (non-hydrogen) atoms. The van der Waals surface area contributed by atoms with Crippen molar-refractivity contribution in [1.29, 1.82) is 0 Å². The predicted octanol–water partition coefficient (Wildman–Crippen LogP) is 3.88. The van der Waals surface area contributed by atoms with E-state index in [0.29, 0.717) is 16.8 Å². The third kappa shape index (κ3) is 4.68. The number of fused-ring (bicyclic) bond motifs is 1. The van der Waals surface area contributed by atoms with Crippen LogP contribution in [0.3, 0.4) is 0 Å². The van der Waals surface area contributed by atoms with E-state index in [1.54, 1.807) is 12.1 Å². The molecule has 0 saturated carbocycles. The van der Waals surface area contributed by atoms with E-state index in [4.69, 9.17) is 0 Å². The van der Waals surface area contributed by atoms with Crippen LogP contribution in [-0.4, -0.2) is 60.2 Å². The molecule has 0 bridgehead atoms. The van der Waals surface area contributed by atoms with Crippen molar-refractivity contribution < 1.29 is 14.4 Å². The van der Waals surface area contributed by atoms with Crippen molar-refractivity contribution >= 4 is 29.1 Å². The van der Waals surface area contributed by atoms with Crippen molar-refractivity contribution in [2.75, 3.05) is 42.9 Å². The van der Waals surface area contributed by atoms with Crippen LogP contribution in [0.5, 0.6) is 0 Å². The number of piperazine rings is 1. The van der Waals surface area contributed by atoms with Crippen LogP contribution in [0, 0.1) is 0 Å². The third-order valence-electron chi connectivity index (χ3n) is 6.73. The van der Waals surface area contributed by atoms with Crippen LogP contribution in [0.25, 0.3) is 0 Å². The van der Waals surface area contributed by atoms with E-state index in [-0.39, 0.29) is 29.8 Å². The first-order valence-electron chi connectivity index (χ1n) is 12.0. The number of rotatable bonds is 6. The quantitative estimate of drug-likeness (QED) is 0.556. The highest BCUT2D eigenvalue weighted by Crippen LogP contribution is 2.26. The topological polar surface area (TPSA) is 73.0 Å². The first-order chi connectivity index (χ1) is 17.0. The number of carbonyl (C=O) groups excluding carboxylic acids is 3. The normalized spacial score (nSPS) is 15.9. The maximum absolute atomic E-state index is 12.9. The zero-order valence-electron chi connectivity index (χ0n) is 19.7. The van der Waals surface area contributed by atoms with Crippen LogP contribution in [0.2, 0.25) is 0 Å². The molecule has 3 amide bonds. The molecule has 1 saturated heterocycles. The van der Waals surface area contributed by atoms with Crippen molar-refractivity contribution in [3.05, 3.63) is 95.1 Å². The fourth-order valence-electron chi connectivity index (χ4n) is 4.62. The van der Waals surface area contributed by atoms with Gasteiger partial charge in [0.1, 0.15) is 0 Å². The Bertz CT molecular complexity index is 1250. The Hall–Kier alpha value is -3.97. The molecule has 0 aliphatic carbocycles. The van der Waals surface area contributed by atoms with Gasteiger partial charge in [-0.25, -0.2) is 0 Å². The standard InChI is InChI=1S/C28H28N4O3/c1-2-30-14-16-31(17-15-30)23-11-9-22(10-12-23)29-26(33)21-8-13-24-25(18-21)28(35)32(27(24)34)19-20-6-4-3-5-7-20/h3-13,18H,2,14-17,19H2,1H3,(H,29,33). The van der Waals surface area contributed by atoms with Crippen molar-refractivity contribution in [1.82, 2.24) is 9.80 Å². The fourth-order valence-corrected chi connectivity index (χ4v) is 4.62. The predicted molar refractivity (Wildman–Crippen MR) is 136 cm³/mol. The van der Waals surface area contributed by atoms with Crippen LogP contribution in [0.1, 0.15) is 43.6 Å². The summed E-state index contributed by atoms with van der Waals surface area (Å²) < 4.78 is 0. The van der Waals surface area contributed by atoms with Gasteiger partial charge in [0.05, 0.1) is 17.7 Å². The Morgan fingerprint density at radius 3 is 2.20 bits per heavy atom. The van der Waals surface area contributed by atoms with Crippen molar-refractivity contribution in [2.45, 2.75) is 13.5 Å². The minimum absolute atomic E-state index is 0.203. The Balaban J connectivity index is 1.25. The molecule has 0 unspecified atom stereocenters. The van der Waals surface area contributed by atoms with Crippen molar-refractivity contribution in [2.24, 2.45) is 0 Å². The number of amides is 3. The molecule has 1 fully saturated rings. The minimum Gasteiger partial charge on any atom is -0.369 e. The van der Waals surface area contributed by atoms with E-state index in [1.165, 1.54) is 11.0 Å². The Morgan fingerprint density at radius 1 is 0.829 bits per heavy atom. The van der Waals surface area contributed by atoms with Gasteiger partial charge in [-0.2, -0.15) is 0 Å². The van der Waals surface area contributed by atoms with E-state index in [1.807, 2.05) is 54.6 Å². The Morgan fingerprint density at radius 2 is 1.51 bits per heavy atom. The molecular formula is C28H28N4O3. The third-order valence-corrected chi connectivity index (χ3v) is 6.73. The van der Waals surface area contributed by atoms with Gasteiger partial charge in [0.2, 0.25) is 0 Å². The number of benzene rings is 3. The molecule has 0 aromatic heterocycles. The number of hydrogen-bond acceptors (Lipinski definition) is 5. The average molecular weight is 469 g/mol. The van der Waals surface area contributed by atoms with Gasteiger partial charge in [-0.3, -0.25) is 19.3 Å². The van der Waals surface area contributed by atoms with Gasteiger partial charge in [-0.15, -0.1) is 0 Å². The molecule has 3 aromatic rings. The van der Waals surface area contributed by atoms with Gasteiger partial charge < -0.3 is 15.1 Å². The number of nitrogens with zero attached hydrogens (tertiary/aromatic N) is 3. The smallest absolute Gasteiger partial charge is 0.261 e. The molecule has 2 aliphatic heterocycles. The summed E-state index contributed by atoms with van der Waals surface area (Å²) in [5, 5.41) is 2.90. The highest BCUT2D eigenvalue weighted by atomic mass is 16.2. The molecule has 178 valence electrons. The number of carbonyl (C=O) groups is 3. The second-order valence-electron chi connectivity index (χ2n) is 8.86. The zero-order chi connectivity index (χ0) is 24.4. The number of nitrogens with one attached hydrogen (secondary N) is 1. The van der Waals surface area contributed by atoms with Crippen LogP contribution in [0.4, 0.5) is 11.4 Å². The molecular weight excluding hydrogens is 440 g/mol. The molecule has 1 N–H and O–H groups in total. The summed E-state index contributed by atoms with van der Waals surface area (Å²) in [7, 11) is 0. The average Bonchev–Trinajstić information content (AvgIpc) is 3.14. The lowest BCUT2D eigenvalue weighted by molar-refractivity contribution is 0.0642. The first-order valence-corrected chi connectivity index (χ1v) is 12.0. The monoisotopic (exact) mass is 468 g/mol. The lowest BCUT2D eigenvalue weighted by Crippen LogP contribution is -2.46. The molecule has 7 nitrogen and oxygen atoms in total. The molecule has 0 spiro atoms. The van der Waals surface area contributed by atoms with Gasteiger partial charge in [-0.05, 0) is 54.6 Å². The molecule has 2 aliphatic rings. The number of imide groups is 1. The molecule has 0 radical (unpaired) electrons. The van der Waals surface area contributed by atoms with E-state index < -0.39 is 0 Å². The summed E-state index contributed by atoms with van der Waals surface area (Å²) in [5.41, 5.74) is 3.62. The summed E-state index contributed by atoms with van der Waals surface area (Å²) in [6.07, 6.45) is 0. The van der Waals surface area contributed by atoms with E-state index in [9.17, 15) is 14.4 Å². The molecule has 5 rings (SSSR count). The second-order valence-corrected chi connectivity index (χ2v) is 8.86. The highest BCUT2D eigenvalue weighted by Gasteiger charge is 2.36. The van der Waals surface area contributed by atoms with Crippen molar-refractivity contribution in [3.63, 3.8) is 0 Å². The summed E-state index contributed by atoms with van der Waals surface area (Å²) in [6, 6.07) is 21.9. The van der Waals surface area contributed by atoms with Crippen molar-refractivity contribution in [3.8, 4) is 0 Å². The summed E-state index contributed by atoms with van der Waals surface area (Å²) in [6.45, 7) is 7.55.